The minimum absolute atomic E-state index is 0.0688. The van der Waals surface area contributed by atoms with Crippen LogP contribution in [0.2, 0.25) is 0 Å². The minimum atomic E-state index is 0.0688. The summed E-state index contributed by atoms with van der Waals surface area (Å²) < 4.78 is 5.55. The third-order valence-corrected chi connectivity index (χ3v) is 2.58. The quantitative estimate of drug-likeness (QED) is 0.776. The summed E-state index contributed by atoms with van der Waals surface area (Å²) in [6.07, 6.45) is 0. The summed E-state index contributed by atoms with van der Waals surface area (Å²) in [4.78, 5) is 0. The van der Waals surface area contributed by atoms with E-state index in [2.05, 4.69) is 24.5 Å². The molecule has 0 aliphatic heterocycles. The monoisotopic (exact) mass is 222 g/mol. The first-order valence-corrected chi connectivity index (χ1v) is 5.73. The summed E-state index contributed by atoms with van der Waals surface area (Å²) in [5, 5.41) is 6.66. The molecule has 0 atom stereocenters. The van der Waals surface area contributed by atoms with E-state index in [1.165, 1.54) is 0 Å². The van der Waals surface area contributed by atoms with Crippen LogP contribution in [0.15, 0.2) is 24.3 Å². The third kappa shape index (κ3) is 3.74. The molecule has 0 aromatic heterocycles. The smallest absolute Gasteiger partial charge is 0.142 e. The highest BCUT2D eigenvalue weighted by atomic mass is 16.5. The number of hydrogen-bond acceptors (Lipinski definition) is 3. The summed E-state index contributed by atoms with van der Waals surface area (Å²) in [6, 6.07) is 8.02. The predicted octanol–water partition coefficient (Wildman–Crippen LogP) is 2.50. The van der Waals surface area contributed by atoms with E-state index in [0.29, 0.717) is 6.61 Å². The van der Waals surface area contributed by atoms with Crippen molar-refractivity contribution in [3.05, 3.63) is 24.3 Å². The number of likely N-dealkylation sites (N-methyl/N-ethyl adjacent to an activating group) is 1. The van der Waals surface area contributed by atoms with Crippen LogP contribution in [0.4, 0.5) is 5.69 Å². The van der Waals surface area contributed by atoms with Crippen LogP contribution in [0.1, 0.15) is 20.8 Å². The molecule has 3 nitrogen and oxygen atoms in total. The molecule has 0 radical (unpaired) electrons. The Balaban J connectivity index is 2.66. The maximum absolute atomic E-state index is 5.55. The SMILES string of the molecule is CCOc1ccccc1NCC(C)(C)NC. The maximum atomic E-state index is 5.55. The van der Waals surface area contributed by atoms with Crippen molar-refractivity contribution in [3.8, 4) is 5.75 Å². The highest BCUT2D eigenvalue weighted by molar-refractivity contribution is 5.56. The van der Waals surface area contributed by atoms with Crippen molar-refractivity contribution in [3.63, 3.8) is 0 Å². The molecule has 0 saturated heterocycles. The Labute approximate surface area is 98.2 Å². The van der Waals surface area contributed by atoms with E-state index < -0.39 is 0 Å². The van der Waals surface area contributed by atoms with E-state index in [-0.39, 0.29) is 5.54 Å². The molecule has 0 aliphatic carbocycles. The molecule has 0 bridgehead atoms. The lowest BCUT2D eigenvalue weighted by Crippen LogP contribution is -2.42. The van der Waals surface area contributed by atoms with Crippen LogP contribution in [0, 0.1) is 0 Å². The molecule has 0 spiro atoms. The van der Waals surface area contributed by atoms with Crippen molar-refractivity contribution < 1.29 is 4.74 Å². The van der Waals surface area contributed by atoms with E-state index in [1.54, 1.807) is 0 Å². The van der Waals surface area contributed by atoms with E-state index in [9.17, 15) is 0 Å². The van der Waals surface area contributed by atoms with Crippen LogP contribution in [-0.4, -0.2) is 25.7 Å². The van der Waals surface area contributed by atoms with Gasteiger partial charge in [0.25, 0.3) is 0 Å². The van der Waals surface area contributed by atoms with Crippen molar-refractivity contribution >= 4 is 5.69 Å². The molecule has 0 amide bonds. The molecular weight excluding hydrogens is 200 g/mol. The standard InChI is InChI=1S/C13H22N2O/c1-5-16-12-9-7-6-8-11(12)15-10-13(2,3)14-4/h6-9,14-15H,5,10H2,1-4H3. The molecule has 0 heterocycles. The van der Waals surface area contributed by atoms with Gasteiger partial charge in [-0.1, -0.05) is 12.1 Å². The third-order valence-electron chi connectivity index (χ3n) is 2.58. The fourth-order valence-corrected chi connectivity index (χ4v) is 1.30. The highest BCUT2D eigenvalue weighted by Gasteiger charge is 2.14. The van der Waals surface area contributed by atoms with Gasteiger partial charge in [0.05, 0.1) is 12.3 Å². The van der Waals surface area contributed by atoms with Gasteiger partial charge >= 0.3 is 0 Å². The van der Waals surface area contributed by atoms with Crippen molar-refractivity contribution in [1.29, 1.82) is 0 Å². The maximum Gasteiger partial charge on any atom is 0.142 e. The van der Waals surface area contributed by atoms with Crippen molar-refractivity contribution in [2.75, 3.05) is 25.5 Å². The van der Waals surface area contributed by atoms with Gasteiger partial charge in [-0.05, 0) is 40.0 Å². The van der Waals surface area contributed by atoms with Crippen molar-refractivity contribution in [2.24, 2.45) is 0 Å². The molecule has 90 valence electrons. The van der Waals surface area contributed by atoms with Gasteiger partial charge in [0.15, 0.2) is 0 Å². The van der Waals surface area contributed by atoms with E-state index in [4.69, 9.17) is 4.74 Å². The zero-order valence-corrected chi connectivity index (χ0v) is 10.6. The second kappa shape index (κ2) is 5.75. The van der Waals surface area contributed by atoms with Gasteiger partial charge in [0.2, 0.25) is 0 Å². The average molecular weight is 222 g/mol. The molecule has 2 N–H and O–H groups in total. The van der Waals surface area contributed by atoms with Gasteiger partial charge in [-0.15, -0.1) is 0 Å². The minimum Gasteiger partial charge on any atom is -0.492 e. The van der Waals surface area contributed by atoms with Gasteiger partial charge in [0.1, 0.15) is 5.75 Å². The Hall–Kier alpha value is -1.22. The molecule has 1 rings (SSSR count). The molecule has 0 fully saturated rings. The fourth-order valence-electron chi connectivity index (χ4n) is 1.30. The molecule has 3 heteroatoms. The molecule has 0 aliphatic rings. The van der Waals surface area contributed by atoms with E-state index in [0.717, 1.165) is 18.0 Å². The Morgan fingerprint density at radius 1 is 1.25 bits per heavy atom. The number of benzene rings is 1. The molecule has 16 heavy (non-hydrogen) atoms. The molecule has 1 aromatic carbocycles. The van der Waals surface area contributed by atoms with Gasteiger partial charge in [-0.2, -0.15) is 0 Å². The second-order valence-electron chi connectivity index (χ2n) is 4.42. The Kier molecular flexibility index (Phi) is 4.62. The Morgan fingerprint density at radius 3 is 2.56 bits per heavy atom. The first-order valence-electron chi connectivity index (χ1n) is 5.73. The second-order valence-corrected chi connectivity index (χ2v) is 4.42. The number of ether oxygens (including phenoxy) is 1. The number of rotatable bonds is 6. The number of nitrogens with one attached hydrogen (secondary N) is 2. The number of anilines is 1. The summed E-state index contributed by atoms with van der Waals surface area (Å²) in [6.45, 7) is 7.85. The fraction of sp³-hybridized carbons (Fsp3) is 0.538. The summed E-state index contributed by atoms with van der Waals surface area (Å²) in [5.41, 5.74) is 1.12. The molecular formula is C13H22N2O. The van der Waals surface area contributed by atoms with Crippen LogP contribution >= 0.6 is 0 Å². The van der Waals surface area contributed by atoms with Crippen molar-refractivity contribution in [1.82, 2.24) is 5.32 Å². The van der Waals surface area contributed by atoms with Crippen LogP contribution in [0.25, 0.3) is 0 Å². The number of para-hydroxylation sites is 2. The Bertz CT molecular complexity index is 323. The normalized spacial score (nSPS) is 11.2. The summed E-state index contributed by atoms with van der Waals surface area (Å²) in [7, 11) is 1.97. The van der Waals surface area contributed by atoms with E-state index in [1.807, 2.05) is 38.2 Å². The van der Waals surface area contributed by atoms with Gasteiger partial charge < -0.3 is 15.4 Å². The van der Waals surface area contributed by atoms with Crippen LogP contribution in [0.5, 0.6) is 5.75 Å². The molecule has 0 saturated carbocycles. The topological polar surface area (TPSA) is 33.3 Å². The van der Waals surface area contributed by atoms with E-state index >= 15 is 0 Å². The lowest BCUT2D eigenvalue weighted by Gasteiger charge is -2.25. The first kappa shape index (κ1) is 12.8. The van der Waals surface area contributed by atoms with Crippen LogP contribution in [-0.2, 0) is 0 Å². The van der Waals surface area contributed by atoms with Crippen LogP contribution < -0.4 is 15.4 Å². The highest BCUT2D eigenvalue weighted by Crippen LogP contribution is 2.24. The average Bonchev–Trinajstić information content (AvgIpc) is 2.28. The van der Waals surface area contributed by atoms with Crippen LogP contribution in [0.3, 0.4) is 0 Å². The largest absolute Gasteiger partial charge is 0.492 e. The first-order chi connectivity index (χ1) is 7.59. The van der Waals surface area contributed by atoms with Gasteiger partial charge in [-0.25, -0.2) is 0 Å². The Morgan fingerprint density at radius 2 is 1.94 bits per heavy atom. The number of hydrogen-bond donors (Lipinski definition) is 2. The lowest BCUT2D eigenvalue weighted by atomic mass is 10.1. The summed E-state index contributed by atoms with van der Waals surface area (Å²) >= 11 is 0. The zero-order chi connectivity index (χ0) is 12.0. The molecule has 1 aromatic rings. The summed E-state index contributed by atoms with van der Waals surface area (Å²) in [5.74, 6) is 0.914. The molecule has 0 unspecified atom stereocenters. The predicted molar refractivity (Wildman–Crippen MR) is 69.2 cm³/mol. The van der Waals surface area contributed by atoms with Gasteiger partial charge in [-0.3, -0.25) is 0 Å². The van der Waals surface area contributed by atoms with Gasteiger partial charge in [0, 0.05) is 12.1 Å². The van der Waals surface area contributed by atoms with Crippen molar-refractivity contribution in [2.45, 2.75) is 26.3 Å². The lowest BCUT2D eigenvalue weighted by molar-refractivity contribution is 0.341. The zero-order valence-electron chi connectivity index (χ0n) is 10.6.